The first-order valence-electron chi connectivity index (χ1n) is 5.59. The van der Waals surface area contributed by atoms with Crippen LogP contribution in [-0.2, 0) is 10.2 Å². The van der Waals surface area contributed by atoms with Crippen molar-refractivity contribution in [1.82, 2.24) is 0 Å². The Morgan fingerprint density at radius 1 is 1.28 bits per heavy atom. The summed E-state index contributed by atoms with van der Waals surface area (Å²) >= 11 is 0. The zero-order chi connectivity index (χ0) is 14.1. The van der Waals surface area contributed by atoms with E-state index in [4.69, 9.17) is 0 Å². The molecule has 0 unspecified atom stereocenters. The van der Waals surface area contributed by atoms with Gasteiger partial charge >= 0.3 is 5.97 Å². The number of carboxylic acids is 1. The molecule has 0 heterocycles. The quantitative estimate of drug-likeness (QED) is 0.659. The van der Waals surface area contributed by atoms with Crippen LogP contribution < -0.4 is 0 Å². The van der Waals surface area contributed by atoms with Gasteiger partial charge in [-0.3, -0.25) is 14.9 Å². The number of hydrogen-bond acceptors (Lipinski definition) is 3. The smallest absolute Gasteiger partial charge is 0.309 e. The first-order valence-corrected chi connectivity index (χ1v) is 5.59. The van der Waals surface area contributed by atoms with Crippen LogP contribution in [0.2, 0.25) is 0 Å². The first kappa shape index (κ1) is 14.2. The van der Waals surface area contributed by atoms with Crippen LogP contribution in [0.1, 0.15) is 33.3 Å². The molecule has 0 aliphatic rings. The fourth-order valence-electron chi connectivity index (χ4n) is 1.64. The lowest BCUT2D eigenvalue weighted by atomic mass is 9.64. The van der Waals surface area contributed by atoms with Crippen molar-refractivity contribution < 1.29 is 14.8 Å². The van der Waals surface area contributed by atoms with E-state index in [9.17, 15) is 20.0 Å². The van der Waals surface area contributed by atoms with Crippen LogP contribution in [0.4, 0.5) is 5.69 Å². The molecule has 1 aromatic carbocycles. The summed E-state index contributed by atoms with van der Waals surface area (Å²) < 4.78 is 0. The van der Waals surface area contributed by atoms with Gasteiger partial charge in [-0.2, -0.15) is 0 Å². The van der Waals surface area contributed by atoms with Gasteiger partial charge in [0.1, 0.15) is 0 Å². The average Bonchev–Trinajstić information content (AvgIpc) is 2.28. The molecule has 0 spiro atoms. The number of nitro groups is 1. The number of hydrogen-bond donors (Lipinski definition) is 1. The summed E-state index contributed by atoms with van der Waals surface area (Å²) in [6.07, 6.45) is 0. The Bertz CT molecular complexity index is 492. The predicted molar refractivity (Wildman–Crippen MR) is 67.5 cm³/mol. The molecule has 0 saturated carbocycles. The van der Waals surface area contributed by atoms with E-state index in [2.05, 4.69) is 0 Å². The Hall–Kier alpha value is -1.91. The number of carbonyl (C=O) groups is 1. The van der Waals surface area contributed by atoms with Gasteiger partial charge < -0.3 is 5.11 Å². The molecule has 0 radical (unpaired) electrons. The molecule has 0 amide bonds. The minimum Gasteiger partial charge on any atom is -0.481 e. The van der Waals surface area contributed by atoms with E-state index in [-0.39, 0.29) is 5.69 Å². The fourth-order valence-corrected chi connectivity index (χ4v) is 1.64. The SMILES string of the molecule is CC(C)(C(=O)O)C(C)(C)c1cccc([N+](=O)[O-])c1. The highest BCUT2D eigenvalue weighted by molar-refractivity contribution is 5.76. The second-order valence-corrected chi connectivity index (χ2v) is 5.36. The van der Waals surface area contributed by atoms with Crippen LogP contribution in [0.25, 0.3) is 0 Å². The molecule has 1 aromatic rings. The van der Waals surface area contributed by atoms with Gasteiger partial charge in [-0.25, -0.2) is 0 Å². The van der Waals surface area contributed by atoms with E-state index >= 15 is 0 Å². The number of non-ortho nitro benzene ring substituents is 1. The van der Waals surface area contributed by atoms with Crippen LogP contribution in [0.5, 0.6) is 0 Å². The van der Waals surface area contributed by atoms with Crippen LogP contribution in [-0.4, -0.2) is 16.0 Å². The van der Waals surface area contributed by atoms with E-state index in [1.54, 1.807) is 39.8 Å². The van der Waals surface area contributed by atoms with Gasteiger partial charge in [0.25, 0.3) is 5.69 Å². The van der Waals surface area contributed by atoms with E-state index in [0.717, 1.165) is 0 Å². The number of carboxylic acid groups (broad SMARTS) is 1. The average molecular weight is 251 g/mol. The highest BCUT2D eigenvalue weighted by atomic mass is 16.6. The van der Waals surface area contributed by atoms with Crippen molar-refractivity contribution in [3.05, 3.63) is 39.9 Å². The van der Waals surface area contributed by atoms with E-state index in [0.29, 0.717) is 5.56 Å². The van der Waals surface area contributed by atoms with Crippen molar-refractivity contribution in [3.63, 3.8) is 0 Å². The number of rotatable bonds is 4. The van der Waals surface area contributed by atoms with E-state index in [1.807, 2.05) is 0 Å². The van der Waals surface area contributed by atoms with E-state index < -0.39 is 21.7 Å². The maximum Gasteiger partial charge on any atom is 0.309 e. The molecule has 5 heteroatoms. The topological polar surface area (TPSA) is 80.4 Å². The third-order valence-corrected chi connectivity index (χ3v) is 3.88. The molecular formula is C13H17NO4. The van der Waals surface area contributed by atoms with Gasteiger partial charge in [0.05, 0.1) is 10.3 Å². The summed E-state index contributed by atoms with van der Waals surface area (Å²) in [5, 5.41) is 20.0. The molecule has 18 heavy (non-hydrogen) atoms. The van der Waals surface area contributed by atoms with Crippen molar-refractivity contribution in [2.75, 3.05) is 0 Å². The highest BCUT2D eigenvalue weighted by Gasteiger charge is 2.44. The standard InChI is InChI=1S/C13H17NO4/c1-12(2,13(3,4)11(15)16)9-6-5-7-10(8-9)14(17)18/h5-8H,1-4H3,(H,15,16). The number of aliphatic carboxylic acids is 1. The molecule has 1 rings (SSSR count). The first-order chi connectivity index (χ1) is 8.10. The van der Waals surface area contributed by atoms with Gasteiger partial charge in [0.2, 0.25) is 0 Å². The lowest BCUT2D eigenvalue weighted by Gasteiger charge is -2.38. The lowest BCUT2D eigenvalue weighted by Crippen LogP contribution is -2.42. The summed E-state index contributed by atoms with van der Waals surface area (Å²) in [4.78, 5) is 21.6. The molecule has 0 saturated heterocycles. The Balaban J connectivity index is 3.32. The third kappa shape index (κ3) is 2.20. The van der Waals surface area contributed by atoms with Gasteiger partial charge in [0, 0.05) is 17.5 Å². The summed E-state index contributed by atoms with van der Waals surface area (Å²) in [5.74, 6) is -0.931. The summed E-state index contributed by atoms with van der Waals surface area (Å²) in [5.41, 5.74) is -1.13. The van der Waals surface area contributed by atoms with Crippen molar-refractivity contribution in [3.8, 4) is 0 Å². The second-order valence-electron chi connectivity index (χ2n) is 5.36. The molecule has 0 atom stereocenters. The van der Waals surface area contributed by atoms with Crippen molar-refractivity contribution in [1.29, 1.82) is 0 Å². The monoisotopic (exact) mass is 251 g/mol. The van der Waals surface area contributed by atoms with Gasteiger partial charge in [-0.05, 0) is 19.4 Å². The molecule has 0 aliphatic heterocycles. The Kier molecular flexibility index (Phi) is 3.46. The Labute approximate surface area is 106 Å². The van der Waals surface area contributed by atoms with Crippen molar-refractivity contribution in [2.24, 2.45) is 5.41 Å². The minimum atomic E-state index is -1.03. The summed E-state index contributed by atoms with van der Waals surface area (Å²) in [6, 6.07) is 6.13. The maximum absolute atomic E-state index is 11.3. The fraction of sp³-hybridized carbons (Fsp3) is 0.462. The largest absolute Gasteiger partial charge is 0.481 e. The minimum absolute atomic E-state index is 0.0261. The number of nitrogens with zero attached hydrogens (tertiary/aromatic N) is 1. The molecule has 5 nitrogen and oxygen atoms in total. The number of benzene rings is 1. The van der Waals surface area contributed by atoms with Gasteiger partial charge in [-0.15, -0.1) is 0 Å². The molecule has 98 valence electrons. The number of nitro benzene ring substituents is 1. The molecular weight excluding hydrogens is 234 g/mol. The molecule has 0 aliphatic carbocycles. The third-order valence-electron chi connectivity index (χ3n) is 3.88. The second kappa shape index (κ2) is 4.40. The lowest BCUT2D eigenvalue weighted by molar-refractivity contribution is -0.385. The van der Waals surface area contributed by atoms with Crippen LogP contribution >= 0.6 is 0 Å². The predicted octanol–water partition coefficient (Wildman–Crippen LogP) is 2.98. The van der Waals surface area contributed by atoms with Crippen LogP contribution in [0.15, 0.2) is 24.3 Å². The van der Waals surface area contributed by atoms with Crippen LogP contribution in [0.3, 0.4) is 0 Å². The van der Waals surface area contributed by atoms with Crippen molar-refractivity contribution in [2.45, 2.75) is 33.1 Å². The maximum atomic E-state index is 11.3. The van der Waals surface area contributed by atoms with Gasteiger partial charge in [-0.1, -0.05) is 26.0 Å². The Morgan fingerprint density at radius 2 is 1.83 bits per heavy atom. The molecule has 1 N–H and O–H groups in total. The molecule has 0 bridgehead atoms. The normalized spacial score (nSPS) is 12.2. The van der Waals surface area contributed by atoms with Crippen LogP contribution in [0, 0.1) is 15.5 Å². The molecule has 0 fully saturated rings. The van der Waals surface area contributed by atoms with E-state index in [1.165, 1.54) is 12.1 Å². The van der Waals surface area contributed by atoms with Gasteiger partial charge in [0.15, 0.2) is 0 Å². The summed E-state index contributed by atoms with van der Waals surface area (Å²) in [6.45, 7) is 6.79. The molecule has 0 aromatic heterocycles. The summed E-state index contributed by atoms with van der Waals surface area (Å²) in [7, 11) is 0. The highest BCUT2D eigenvalue weighted by Crippen LogP contribution is 2.42. The van der Waals surface area contributed by atoms with Crippen molar-refractivity contribution >= 4 is 11.7 Å². The zero-order valence-electron chi connectivity index (χ0n) is 10.9. The zero-order valence-corrected chi connectivity index (χ0v) is 10.9. The Morgan fingerprint density at radius 3 is 2.28 bits per heavy atom.